The second-order valence-electron chi connectivity index (χ2n) is 10.6. The molecule has 0 amide bonds. The molecule has 1 heterocycles. The number of imidazole rings is 1. The summed E-state index contributed by atoms with van der Waals surface area (Å²) in [5.74, 6) is 0.991. The Morgan fingerprint density at radius 3 is 1.88 bits per heavy atom. The van der Waals surface area contributed by atoms with E-state index in [9.17, 15) is 5.11 Å². The molecule has 0 saturated carbocycles. The van der Waals surface area contributed by atoms with Crippen LogP contribution in [0.15, 0.2) is 115 Å². The number of aliphatic hydroxyl groups is 1. The van der Waals surface area contributed by atoms with Crippen molar-refractivity contribution < 1.29 is 14.4 Å². The van der Waals surface area contributed by atoms with Crippen LogP contribution in [0, 0.1) is 0 Å². The molecule has 0 saturated heterocycles. The van der Waals surface area contributed by atoms with Gasteiger partial charge < -0.3 is 9.84 Å². The number of hydrogen-bond acceptors (Lipinski definition) is 2. The molecule has 5 aromatic rings. The summed E-state index contributed by atoms with van der Waals surface area (Å²) in [5, 5.41) is 12.6. The van der Waals surface area contributed by atoms with E-state index in [0.717, 1.165) is 46.7 Å². The van der Waals surface area contributed by atoms with Crippen LogP contribution in [0.2, 0.25) is 0 Å². The Morgan fingerprint density at radius 1 is 0.675 bits per heavy atom. The quantitative estimate of drug-likeness (QED) is 0.117. The minimum atomic E-state index is -1.23. The van der Waals surface area contributed by atoms with Crippen molar-refractivity contribution in [2.75, 3.05) is 6.61 Å². The van der Waals surface area contributed by atoms with E-state index in [0.29, 0.717) is 13.2 Å². The number of fused-ring (bicyclic) bond motifs is 1. The van der Waals surface area contributed by atoms with Crippen molar-refractivity contribution in [3.8, 4) is 5.69 Å². The molecule has 4 nitrogen and oxygen atoms in total. The number of rotatable bonds is 14. The second kappa shape index (κ2) is 13.6. The minimum absolute atomic E-state index is 0.380. The van der Waals surface area contributed by atoms with Crippen molar-refractivity contribution in [2.45, 2.75) is 64.2 Å². The average Bonchev–Trinajstić information content (AvgIpc) is 3.32. The molecule has 0 unspecified atom stereocenters. The molecule has 0 fully saturated rings. The molecule has 4 aromatic carbocycles. The number of unbranched alkanes of at least 4 members (excludes halogenated alkanes) is 5. The van der Waals surface area contributed by atoms with E-state index in [-0.39, 0.29) is 0 Å². The maximum Gasteiger partial charge on any atom is 0.268 e. The monoisotopic (exact) mass is 533 g/mol. The third-order valence-corrected chi connectivity index (χ3v) is 7.78. The van der Waals surface area contributed by atoms with Crippen LogP contribution in [0.1, 0.15) is 62.4 Å². The predicted molar refractivity (Wildman–Crippen MR) is 162 cm³/mol. The van der Waals surface area contributed by atoms with Crippen LogP contribution in [-0.4, -0.2) is 16.3 Å². The molecule has 0 spiro atoms. The van der Waals surface area contributed by atoms with Crippen LogP contribution in [0.3, 0.4) is 0 Å². The van der Waals surface area contributed by atoms with E-state index in [1.165, 1.54) is 32.1 Å². The maximum atomic E-state index is 12.6. The second-order valence-corrected chi connectivity index (χ2v) is 10.6. The van der Waals surface area contributed by atoms with Crippen LogP contribution < -0.4 is 4.57 Å². The van der Waals surface area contributed by atoms with Gasteiger partial charge in [0.2, 0.25) is 0 Å². The number of para-hydroxylation sites is 3. The van der Waals surface area contributed by atoms with Gasteiger partial charge in [0.1, 0.15) is 11.3 Å². The van der Waals surface area contributed by atoms with Crippen molar-refractivity contribution in [2.24, 2.45) is 0 Å². The topological polar surface area (TPSA) is 38.3 Å². The van der Waals surface area contributed by atoms with Crippen LogP contribution >= 0.6 is 0 Å². The van der Waals surface area contributed by atoms with E-state index in [2.05, 4.69) is 64.6 Å². The van der Waals surface area contributed by atoms with Crippen LogP contribution in [0.25, 0.3) is 16.7 Å². The van der Waals surface area contributed by atoms with E-state index in [4.69, 9.17) is 4.74 Å². The lowest BCUT2D eigenvalue weighted by atomic mass is 9.83. The highest BCUT2D eigenvalue weighted by Crippen LogP contribution is 2.34. The Bertz CT molecular complexity index is 1420. The minimum Gasteiger partial charge on any atom is -0.380 e. The summed E-state index contributed by atoms with van der Waals surface area (Å²) in [6.45, 7) is 3.41. The first-order valence-electron chi connectivity index (χ1n) is 14.7. The summed E-state index contributed by atoms with van der Waals surface area (Å²) in [7, 11) is 0. The van der Waals surface area contributed by atoms with Crippen LogP contribution in [0.5, 0.6) is 0 Å². The van der Waals surface area contributed by atoms with E-state index >= 15 is 0 Å². The molecule has 40 heavy (non-hydrogen) atoms. The van der Waals surface area contributed by atoms with Gasteiger partial charge in [0.15, 0.2) is 17.8 Å². The SMILES string of the molecule is CCCCCCCCOC[n+]1c(CC(O)(c2ccccc2)c2ccccc2)n(-c2ccccc2)c2ccccc21. The first kappa shape index (κ1) is 27.8. The smallest absolute Gasteiger partial charge is 0.268 e. The van der Waals surface area contributed by atoms with Gasteiger partial charge >= 0.3 is 0 Å². The molecule has 1 aromatic heterocycles. The van der Waals surface area contributed by atoms with Gasteiger partial charge in [0, 0.05) is 0 Å². The zero-order valence-corrected chi connectivity index (χ0v) is 23.6. The van der Waals surface area contributed by atoms with Gasteiger partial charge in [-0.1, -0.05) is 130 Å². The zero-order valence-electron chi connectivity index (χ0n) is 23.6. The van der Waals surface area contributed by atoms with Gasteiger partial charge in [0.05, 0.1) is 13.0 Å². The molecule has 4 heteroatoms. The van der Waals surface area contributed by atoms with Crippen molar-refractivity contribution in [3.05, 3.63) is 132 Å². The zero-order chi connectivity index (χ0) is 27.6. The largest absolute Gasteiger partial charge is 0.380 e. The number of nitrogens with zero attached hydrogens (tertiary/aromatic N) is 2. The van der Waals surface area contributed by atoms with E-state index < -0.39 is 5.60 Å². The lowest BCUT2D eigenvalue weighted by Crippen LogP contribution is -2.43. The number of benzene rings is 4. The summed E-state index contributed by atoms with van der Waals surface area (Å²) in [6, 6.07) is 38.9. The third-order valence-electron chi connectivity index (χ3n) is 7.78. The summed E-state index contributed by atoms with van der Waals surface area (Å²) < 4.78 is 10.8. The van der Waals surface area contributed by atoms with Crippen molar-refractivity contribution in [1.29, 1.82) is 0 Å². The molecule has 1 N–H and O–H groups in total. The van der Waals surface area contributed by atoms with Gasteiger partial charge in [-0.2, -0.15) is 4.57 Å². The highest BCUT2D eigenvalue weighted by molar-refractivity contribution is 5.74. The lowest BCUT2D eigenvalue weighted by molar-refractivity contribution is -0.717. The van der Waals surface area contributed by atoms with Gasteiger partial charge in [0.25, 0.3) is 5.82 Å². The molecule has 0 bridgehead atoms. The molecular formula is C36H41N2O2+. The Morgan fingerprint density at radius 2 is 1.23 bits per heavy atom. The van der Waals surface area contributed by atoms with Gasteiger partial charge in [-0.05, 0) is 41.8 Å². The normalized spacial score (nSPS) is 11.8. The Balaban J connectivity index is 1.56. The number of ether oxygens (including phenoxy) is 1. The Kier molecular flexibility index (Phi) is 9.43. The summed E-state index contributed by atoms with van der Waals surface area (Å²) >= 11 is 0. The molecule has 0 radical (unpaired) electrons. The van der Waals surface area contributed by atoms with E-state index in [1.54, 1.807) is 0 Å². The standard InChI is InChI=1S/C36H41N2O2/c1-2-3-4-5-6-18-27-40-29-37-33-25-16-17-26-34(33)38(32-23-14-9-15-24-32)35(37)28-36(39,30-19-10-7-11-20-30)31-21-12-8-13-22-31/h7-17,19-26,39H,2-6,18,27-29H2,1H3/q+1. The van der Waals surface area contributed by atoms with Gasteiger partial charge in [-0.15, -0.1) is 0 Å². The van der Waals surface area contributed by atoms with Gasteiger partial charge in [-0.25, -0.2) is 4.57 Å². The van der Waals surface area contributed by atoms with Crippen LogP contribution in [-0.2, 0) is 23.5 Å². The first-order chi connectivity index (χ1) is 19.7. The first-order valence-corrected chi connectivity index (χ1v) is 14.7. The summed E-state index contributed by atoms with van der Waals surface area (Å²) in [5.41, 5.74) is 3.75. The van der Waals surface area contributed by atoms with Crippen molar-refractivity contribution >= 4 is 11.0 Å². The lowest BCUT2D eigenvalue weighted by Gasteiger charge is -2.28. The number of hydrogen-bond donors (Lipinski definition) is 1. The molecular weight excluding hydrogens is 492 g/mol. The van der Waals surface area contributed by atoms with Crippen molar-refractivity contribution in [1.82, 2.24) is 4.57 Å². The highest BCUT2D eigenvalue weighted by Gasteiger charge is 2.39. The third kappa shape index (κ3) is 6.19. The van der Waals surface area contributed by atoms with Crippen LogP contribution in [0.4, 0.5) is 0 Å². The fraction of sp³-hybridized carbons (Fsp3) is 0.306. The Labute approximate surface area is 238 Å². The summed E-state index contributed by atoms with van der Waals surface area (Å²) in [4.78, 5) is 0. The molecule has 5 rings (SSSR count). The fourth-order valence-corrected chi connectivity index (χ4v) is 5.63. The van der Waals surface area contributed by atoms with Gasteiger partial charge in [-0.3, -0.25) is 0 Å². The highest BCUT2D eigenvalue weighted by atomic mass is 16.5. The molecule has 0 aliphatic heterocycles. The fourth-order valence-electron chi connectivity index (χ4n) is 5.63. The predicted octanol–water partition coefficient (Wildman–Crippen LogP) is 7.73. The van der Waals surface area contributed by atoms with Crippen molar-refractivity contribution in [3.63, 3.8) is 0 Å². The molecule has 0 aliphatic rings. The maximum absolute atomic E-state index is 12.6. The molecule has 206 valence electrons. The molecule has 0 atom stereocenters. The van der Waals surface area contributed by atoms with E-state index in [1.807, 2.05) is 66.7 Å². The molecule has 0 aliphatic carbocycles. The average molecular weight is 534 g/mol. The number of aromatic nitrogens is 2. The Hall–Kier alpha value is -3.73. The summed E-state index contributed by atoms with van der Waals surface area (Å²) in [6.07, 6.45) is 7.79.